The van der Waals surface area contributed by atoms with Crippen molar-refractivity contribution < 1.29 is 144 Å². The number of hydrogen-bond acceptors (Lipinski definition) is 2. The predicted molar refractivity (Wildman–Crippen MR) is 11.1 cm³/mol. The molecular formula is H6K2O4Ru. The standard InChI is InChI=1S/2K.4H2O.Ru/h;;4*1H2;/q2*+1;;;;;/p-2. The van der Waals surface area contributed by atoms with Crippen LogP contribution in [0.4, 0.5) is 0 Å². The van der Waals surface area contributed by atoms with Gasteiger partial charge in [0.2, 0.25) is 0 Å². The predicted octanol–water partition coefficient (Wildman–Crippen LogP) is -8.00. The second-order valence-corrected chi connectivity index (χ2v) is 0. The molecule has 0 aromatic heterocycles. The molecule has 0 spiro atoms. The fraction of sp³-hybridized carbons (Fsp3) is 0. The largest absolute Gasteiger partial charge is 1.00 e. The maximum atomic E-state index is 0. The van der Waals surface area contributed by atoms with Crippen LogP contribution >= 0.6 is 0 Å². The van der Waals surface area contributed by atoms with Crippen LogP contribution in [0.3, 0.4) is 0 Å². The first-order valence-corrected chi connectivity index (χ1v) is 0. The van der Waals surface area contributed by atoms with E-state index in [9.17, 15) is 0 Å². The van der Waals surface area contributed by atoms with Gasteiger partial charge in [-0.1, -0.05) is 0 Å². The zero-order valence-corrected chi connectivity index (χ0v) is 12.2. The summed E-state index contributed by atoms with van der Waals surface area (Å²) in [5, 5.41) is 0. The summed E-state index contributed by atoms with van der Waals surface area (Å²) < 4.78 is 0. The van der Waals surface area contributed by atoms with E-state index in [1.54, 1.807) is 0 Å². The Hall–Kier alpha value is 3.74. The van der Waals surface area contributed by atoms with Gasteiger partial charge in [0, 0.05) is 19.5 Å². The van der Waals surface area contributed by atoms with Crippen LogP contribution in [0.5, 0.6) is 0 Å². The Morgan fingerprint density at radius 2 is 0.571 bits per heavy atom. The molecule has 0 radical (unpaired) electrons. The molecule has 0 fully saturated rings. The Morgan fingerprint density at radius 3 is 0.571 bits per heavy atom. The molecule has 0 unspecified atom stereocenters. The Bertz CT molecular complexity index is 9.65. The monoisotopic (exact) mass is 250 g/mol. The van der Waals surface area contributed by atoms with E-state index in [1.165, 1.54) is 0 Å². The van der Waals surface area contributed by atoms with Gasteiger partial charge in [-0.15, -0.1) is 0 Å². The van der Waals surface area contributed by atoms with E-state index in [4.69, 9.17) is 0 Å². The molecular weight excluding hydrogens is 243 g/mol. The summed E-state index contributed by atoms with van der Waals surface area (Å²) >= 11 is 0. The van der Waals surface area contributed by atoms with E-state index in [2.05, 4.69) is 0 Å². The van der Waals surface area contributed by atoms with Crippen LogP contribution < -0.4 is 103 Å². The quantitative estimate of drug-likeness (QED) is 0.396. The Balaban J connectivity index is 0. The number of hydrogen-bond donors (Lipinski definition) is 0. The second kappa shape index (κ2) is 53.2. The molecule has 0 aliphatic heterocycles. The van der Waals surface area contributed by atoms with Crippen molar-refractivity contribution in [1.82, 2.24) is 0 Å². The van der Waals surface area contributed by atoms with E-state index in [0.717, 1.165) is 0 Å². The minimum atomic E-state index is 0. The van der Waals surface area contributed by atoms with Crippen LogP contribution in [0, 0.1) is 0 Å². The van der Waals surface area contributed by atoms with Crippen LogP contribution in [-0.4, -0.2) is 21.9 Å². The zero-order chi connectivity index (χ0) is 0. The minimum absolute atomic E-state index is 0. The average molecular weight is 249 g/mol. The molecule has 0 atom stereocenters. The van der Waals surface area contributed by atoms with E-state index >= 15 is 0 Å². The van der Waals surface area contributed by atoms with E-state index in [1.807, 2.05) is 0 Å². The van der Waals surface area contributed by atoms with Crippen molar-refractivity contribution in [3.63, 3.8) is 0 Å². The normalized spacial score (nSPS) is 0. The maximum Gasteiger partial charge on any atom is 1.00 e. The van der Waals surface area contributed by atoms with Gasteiger partial charge in [-0.05, 0) is 0 Å². The van der Waals surface area contributed by atoms with Crippen molar-refractivity contribution >= 4 is 0 Å². The third-order valence-corrected chi connectivity index (χ3v) is 0. The summed E-state index contributed by atoms with van der Waals surface area (Å²) in [7, 11) is 0. The molecule has 0 heterocycles. The van der Waals surface area contributed by atoms with Crippen LogP contribution in [0.25, 0.3) is 0 Å². The van der Waals surface area contributed by atoms with Gasteiger partial charge in [-0.2, -0.15) is 0 Å². The van der Waals surface area contributed by atoms with Gasteiger partial charge in [0.25, 0.3) is 0 Å². The molecule has 6 N–H and O–H groups in total. The van der Waals surface area contributed by atoms with Crippen LogP contribution in [0.1, 0.15) is 0 Å². The summed E-state index contributed by atoms with van der Waals surface area (Å²) in [5.41, 5.74) is 0. The molecule has 0 saturated heterocycles. The van der Waals surface area contributed by atoms with E-state index in [-0.39, 0.29) is 144 Å². The molecule has 0 saturated carbocycles. The molecule has 7 heavy (non-hydrogen) atoms. The van der Waals surface area contributed by atoms with Crippen LogP contribution in [0.15, 0.2) is 0 Å². The van der Waals surface area contributed by atoms with Crippen LogP contribution in [0.2, 0.25) is 0 Å². The average Bonchev–Trinajstić information content (AvgIpc) is 0. The molecule has 0 amide bonds. The third kappa shape index (κ3) is 41.7. The van der Waals surface area contributed by atoms with Gasteiger partial charge in [0.15, 0.2) is 0 Å². The first-order chi connectivity index (χ1) is 0. The smallest absolute Gasteiger partial charge is 0.870 e. The molecule has 0 aliphatic rings. The summed E-state index contributed by atoms with van der Waals surface area (Å²) in [6, 6.07) is 0. The maximum absolute atomic E-state index is 0. The van der Waals surface area contributed by atoms with Gasteiger partial charge in [-0.25, -0.2) is 0 Å². The summed E-state index contributed by atoms with van der Waals surface area (Å²) in [6.45, 7) is 0. The van der Waals surface area contributed by atoms with E-state index < -0.39 is 0 Å². The third-order valence-electron chi connectivity index (χ3n) is 0. The fourth-order valence-corrected chi connectivity index (χ4v) is 0. The van der Waals surface area contributed by atoms with Gasteiger partial charge < -0.3 is 21.9 Å². The SMILES string of the molecule is O.O.[K+].[K+].[OH-].[OH-].[Ru]. The fourth-order valence-electron chi connectivity index (χ4n) is 0. The summed E-state index contributed by atoms with van der Waals surface area (Å²) in [5.74, 6) is 0. The van der Waals surface area contributed by atoms with Crippen molar-refractivity contribution in [2.75, 3.05) is 0 Å². The first kappa shape index (κ1) is 72.9. The molecule has 7 heteroatoms. The second-order valence-electron chi connectivity index (χ2n) is 0. The van der Waals surface area contributed by atoms with E-state index in [0.29, 0.717) is 0 Å². The van der Waals surface area contributed by atoms with Crippen molar-refractivity contribution in [3.8, 4) is 0 Å². The van der Waals surface area contributed by atoms with Crippen LogP contribution in [-0.2, 0) is 19.5 Å². The van der Waals surface area contributed by atoms with Gasteiger partial charge >= 0.3 is 103 Å². The summed E-state index contributed by atoms with van der Waals surface area (Å²) in [6.07, 6.45) is 0. The molecule has 0 aromatic carbocycles. The Morgan fingerprint density at radius 1 is 0.571 bits per heavy atom. The van der Waals surface area contributed by atoms with Gasteiger partial charge in [0.05, 0.1) is 0 Å². The van der Waals surface area contributed by atoms with Gasteiger partial charge in [0.1, 0.15) is 0 Å². The van der Waals surface area contributed by atoms with Crippen molar-refractivity contribution in [2.24, 2.45) is 0 Å². The molecule has 0 bridgehead atoms. The van der Waals surface area contributed by atoms with Gasteiger partial charge in [-0.3, -0.25) is 0 Å². The molecule has 0 aromatic rings. The molecule has 0 rings (SSSR count). The Labute approximate surface area is 140 Å². The Kier molecular flexibility index (Phi) is 554. The van der Waals surface area contributed by atoms with Crippen molar-refractivity contribution in [3.05, 3.63) is 0 Å². The zero-order valence-electron chi connectivity index (χ0n) is 4.25. The molecule has 40 valence electrons. The number of rotatable bonds is 0. The molecule has 0 aliphatic carbocycles. The molecule has 4 nitrogen and oxygen atoms in total. The van der Waals surface area contributed by atoms with Crippen molar-refractivity contribution in [2.45, 2.75) is 0 Å². The summed E-state index contributed by atoms with van der Waals surface area (Å²) in [4.78, 5) is 0. The topological polar surface area (TPSA) is 123 Å². The van der Waals surface area contributed by atoms with Crippen molar-refractivity contribution in [1.29, 1.82) is 0 Å². The first-order valence-electron chi connectivity index (χ1n) is 0. The minimum Gasteiger partial charge on any atom is -0.870 e.